The van der Waals surface area contributed by atoms with Gasteiger partial charge in [0.05, 0.1) is 23.1 Å². The number of benzene rings is 1. The van der Waals surface area contributed by atoms with E-state index in [0.29, 0.717) is 12.8 Å². The standard InChI is InChI=1S/C16H17F3N2OS/c17-16(18,19)13-6-2-1-4-11(13)12-5-3-7-14(12)21-15(22)10-23-9-8-20/h1-2,4,6,12,14H,3,5,7,9-10H2,(H,21,22)/t12-,14+/m0/s1. The lowest BCUT2D eigenvalue weighted by molar-refractivity contribution is -0.138. The van der Waals surface area contributed by atoms with Crippen molar-refractivity contribution >= 4 is 17.7 Å². The minimum absolute atomic E-state index is 0.150. The monoisotopic (exact) mass is 342 g/mol. The molecule has 124 valence electrons. The van der Waals surface area contributed by atoms with Crippen molar-refractivity contribution in [1.82, 2.24) is 5.32 Å². The third kappa shape index (κ3) is 4.64. The Kier molecular flexibility index (Phi) is 5.94. The molecule has 1 N–H and O–H groups in total. The van der Waals surface area contributed by atoms with Gasteiger partial charge in [-0.05, 0) is 24.5 Å². The van der Waals surface area contributed by atoms with Crippen LogP contribution in [0.2, 0.25) is 0 Å². The molecule has 0 radical (unpaired) electrons. The fourth-order valence-electron chi connectivity index (χ4n) is 3.02. The molecule has 23 heavy (non-hydrogen) atoms. The van der Waals surface area contributed by atoms with Crippen molar-refractivity contribution in [3.8, 4) is 6.07 Å². The van der Waals surface area contributed by atoms with Gasteiger partial charge in [-0.1, -0.05) is 24.6 Å². The van der Waals surface area contributed by atoms with Gasteiger partial charge in [0.1, 0.15) is 0 Å². The third-order valence-electron chi connectivity index (χ3n) is 3.93. The van der Waals surface area contributed by atoms with Crippen molar-refractivity contribution in [2.45, 2.75) is 37.4 Å². The van der Waals surface area contributed by atoms with E-state index < -0.39 is 11.7 Å². The zero-order valence-corrected chi connectivity index (χ0v) is 13.2. The predicted octanol–water partition coefficient (Wildman–Crippen LogP) is 3.71. The maximum atomic E-state index is 13.2. The Hall–Kier alpha value is -1.68. The van der Waals surface area contributed by atoms with Crippen LogP contribution in [0.1, 0.15) is 36.3 Å². The van der Waals surface area contributed by atoms with Gasteiger partial charge in [-0.25, -0.2) is 0 Å². The maximum Gasteiger partial charge on any atom is 0.416 e. The van der Waals surface area contributed by atoms with Crippen LogP contribution in [0, 0.1) is 11.3 Å². The van der Waals surface area contributed by atoms with Crippen LogP contribution in [0.15, 0.2) is 24.3 Å². The highest BCUT2D eigenvalue weighted by atomic mass is 32.2. The van der Waals surface area contributed by atoms with Gasteiger partial charge in [0.25, 0.3) is 0 Å². The summed E-state index contributed by atoms with van der Waals surface area (Å²) in [6.45, 7) is 0. The molecule has 0 spiro atoms. The van der Waals surface area contributed by atoms with Gasteiger partial charge in [-0.3, -0.25) is 4.79 Å². The van der Waals surface area contributed by atoms with E-state index in [0.717, 1.165) is 12.5 Å². The summed E-state index contributed by atoms with van der Waals surface area (Å²) in [6, 6.07) is 7.23. The maximum absolute atomic E-state index is 13.2. The fraction of sp³-hybridized carbons (Fsp3) is 0.500. The van der Waals surface area contributed by atoms with Gasteiger partial charge in [-0.15, -0.1) is 11.8 Å². The highest BCUT2D eigenvalue weighted by molar-refractivity contribution is 8.00. The fourth-order valence-corrected chi connectivity index (χ4v) is 3.48. The van der Waals surface area contributed by atoms with Crippen molar-refractivity contribution in [3.63, 3.8) is 0 Å². The van der Waals surface area contributed by atoms with Crippen LogP contribution in [-0.2, 0) is 11.0 Å². The Morgan fingerprint density at radius 2 is 2.09 bits per heavy atom. The van der Waals surface area contributed by atoms with Crippen molar-refractivity contribution in [2.24, 2.45) is 0 Å². The molecule has 7 heteroatoms. The van der Waals surface area contributed by atoms with Crippen LogP contribution < -0.4 is 5.32 Å². The van der Waals surface area contributed by atoms with Gasteiger partial charge < -0.3 is 5.32 Å². The lowest BCUT2D eigenvalue weighted by atomic mass is 9.90. The first-order chi connectivity index (χ1) is 10.9. The first kappa shape index (κ1) is 17.7. The Bertz CT molecular complexity index is 598. The van der Waals surface area contributed by atoms with Crippen molar-refractivity contribution < 1.29 is 18.0 Å². The summed E-state index contributed by atoms with van der Waals surface area (Å²) in [4.78, 5) is 11.9. The number of hydrogen-bond acceptors (Lipinski definition) is 3. The van der Waals surface area contributed by atoms with Crippen molar-refractivity contribution in [1.29, 1.82) is 5.26 Å². The highest BCUT2D eigenvalue weighted by Crippen LogP contribution is 2.41. The summed E-state index contributed by atoms with van der Waals surface area (Å²) in [5.74, 6) is -0.180. The Morgan fingerprint density at radius 1 is 1.35 bits per heavy atom. The van der Waals surface area contributed by atoms with Gasteiger partial charge in [0, 0.05) is 12.0 Å². The van der Waals surface area contributed by atoms with E-state index in [2.05, 4.69) is 5.32 Å². The lowest BCUT2D eigenvalue weighted by Crippen LogP contribution is -2.38. The minimum Gasteiger partial charge on any atom is -0.352 e. The number of hydrogen-bond donors (Lipinski definition) is 1. The molecule has 1 amide bonds. The molecule has 1 aromatic rings. The summed E-state index contributed by atoms with van der Waals surface area (Å²) >= 11 is 1.20. The lowest BCUT2D eigenvalue weighted by Gasteiger charge is -2.24. The molecule has 3 nitrogen and oxygen atoms in total. The molecule has 0 aromatic heterocycles. The second-order valence-electron chi connectivity index (χ2n) is 5.45. The molecule has 0 saturated heterocycles. The molecule has 0 bridgehead atoms. The topological polar surface area (TPSA) is 52.9 Å². The number of nitrogens with zero attached hydrogens (tertiary/aromatic N) is 1. The summed E-state index contributed by atoms with van der Waals surface area (Å²) in [5.41, 5.74) is -0.363. The first-order valence-electron chi connectivity index (χ1n) is 7.33. The zero-order chi connectivity index (χ0) is 16.9. The quantitative estimate of drug-likeness (QED) is 0.830. The van der Waals surface area contributed by atoms with Gasteiger partial charge >= 0.3 is 6.18 Å². The molecule has 0 heterocycles. The molecule has 0 aliphatic heterocycles. The second-order valence-corrected chi connectivity index (χ2v) is 6.43. The Balaban J connectivity index is 2.11. The molecule has 1 aliphatic carbocycles. The summed E-state index contributed by atoms with van der Waals surface area (Å²) < 4.78 is 39.5. The van der Waals surface area contributed by atoms with Crippen LogP contribution in [0.25, 0.3) is 0 Å². The normalized spacial score (nSPS) is 21.0. The van der Waals surface area contributed by atoms with Crippen LogP contribution in [0.3, 0.4) is 0 Å². The number of carbonyl (C=O) groups excluding carboxylic acids is 1. The van der Waals surface area contributed by atoms with E-state index in [1.807, 2.05) is 6.07 Å². The highest BCUT2D eigenvalue weighted by Gasteiger charge is 2.38. The van der Waals surface area contributed by atoms with Gasteiger partial charge in [0.15, 0.2) is 0 Å². The van der Waals surface area contributed by atoms with Crippen molar-refractivity contribution in [2.75, 3.05) is 11.5 Å². The molecule has 1 saturated carbocycles. The average molecular weight is 342 g/mol. The number of carbonyl (C=O) groups is 1. The smallest absolute Gasteiger partial charge is 0.352 e. The third-order valence-corrected chi connectivity index (χ3v) is 4.73. The van der Waals surface area contributed by atoms with Gasteiger partial charge in [0.2, 0.25) is 5.91 Å². The first-order valence-corrected chi connectivity index (χ1v) is 8.49. The van der Waals surface area contributed by atoms with E-state index in [4.69, 9.17) is 5.26 Å². The number of nitriles is 1. The number of amides is 1. The van der Waals surface area contributed by atoms with Gasteiger partial charge in [-0.2, -0.15) is 18.4 Å². The molecule has 2 atom stereocenters. The zero-order valence-electron chi connectivity index (χ0n) is 12.4. The molecule has 2 rings (SSSR count). The molecule has 1 aliphatic rings. The molecular formula is C16H17F3N2OS. The second kappa shape index (κ2) is 7.73. The van der Waals surface area contributed by atoms with E-state index in [-0.39, 0.29) is 34.9 Å². The molecule has 1 fully saturated rings. The average Bonchev–Trinajstić information content (AvgIpc) is 2.94. The summed E-state index contributed by atoms with van der Waals surface area (Å²) in [6.07, 6.45) is -2.31. The minimum atomic E-state index is -4.39. The molecular weight excluding hydrogens is 325 g/mol. The van der Waals surface area contributed by atoms with E-state index in [9.17, 15) is 18.0 Å². The van der Waals surface area contributed by atoms with Crippen LogP contribution >= 0.6 is 11.8 Å². The number of nitrogens with one attached hydrogen (secondary N) is 1. The SMILES string of the molecule is N#CCSCC(=O)N[C@@H]1CCC[C@H]1c1ccccc1C(F)(F)F. The van der Waals surface area contributed by atoms with Crippen LogP contribution in [-0.4, -0.2) is 23.5 Å². The summed E-state index contributed by atoms with van der Waals surface area (Å²) in [7, 11) is 0. The molecule has 1 aromatic carbocycles. The van der Waals surface area contributed by atoms with E-state index >= 15 is 0 Å². The van der Waals surface area contributed by atoms with E-state index in [1.165, 1.54) is 23.9 Å². The van der Waals surface area contributed by atoms with Crippen LogP contribution in [0.4, 0.5) is 13.2 Å². The number of rotatable bonds is 5. The van der Waals surface area contributed by atoms with E-state index in [1.54, 1.807) is 6.07 Å². The number of alkyl halides is 3. The van der Waals surface area contributed by atoms with Crippen LogP contribution in [0.5, 0.6) is 0 Å². The summed E-state index contributed by atoms with van der Waals surface area (Å²) in [5, 5.41) is 11.3. The Labute approximate surface area is 137 Å². The molecule has 0 unspecified atom stereocenters. The largest absolute Gasteiger partial charge is 0.416 e. The van der Waals surface area contributed by atoms with Crippen molar-refractivity contribution in [3.05, 3.63) is 35.4 Å². The predicted molar refractivity (Wildman–Crippen MR) is 82.9 cm³/mol. The number of halogens is 3. The number of thioether (sulfide) groups is 1. The Morgan fingerprint density at radius 3 is 2.78 bits per heavy atom.